The quantitative estimate of drug-likeness (QED) is 0.755. The lowest BCUT2D eigenvalue weighted by Crippen LogP contribution is -2.19. The first-order valence-corrected chi connectivity index (χ1v) is 8.45. The number of nitrogens with one attached hydrogen (secondary N) is 1. The monoisotopic (exact) mass is 378 g/mol. The normalized spacial score (nSPS) is 10.3. The van der Waals surface area contributed by atoms with Crippen molar-refractivity contribution in [2.75, 3.05) is 5.32 Å². The van der Waals surface area contributed by atoms with Gasteiger partial charge in [0.1, 0.15) is 11.9 Å². The number of aryl methyl sites for hydroxylation is 1. The number of nitriles is 1. The van der Waals surface area contributed by atoms with E-state index in [1.54, 1.807) is 31.4 Å². The lowest BCUT2D eigenvalue weighted by atomic mass is 10.0. The summed E-state index contributed by atoms with van der Waals surface area (Å²) in [6, 6.07) is 13.7. The number of nitrogens with zero attached hydrogens (tertiary/aromatic N) is 3. The van der Waals surface area contributed by atoms with Crippen LogP contribution in [0.25, 0.3) is 0 Å². The number of pyridine rings is 2. The van der Waals surface area contributed by atoms with Crippen molar-refractivity contribution in [3.05, 3.63) is 92.5 Å². The molecule has 0 spiro atoms. The zero-order chi connectivity index (χ0) is 19.4. The van der Waals surface area contributed by atoms with Crippen LogP contribution in [-0.4, -0.2) is 15.5 Å². The van der Waals surface area contributed by atoms with Gasteiger partial charge in [0.05, 0.1) is 16.1 Å². The molecule has 0 atom stereocenters. The lowest BCUT2D eigenvalue weighted by Gasteiger charge is -2.07. The Labute approximate surface area is 160 Å². The van der Waals surface area contributed by atoms with E-state index in [4.69, 9.17) is 16.9 Å². The number of aromatic nitrogens is 2. The number of benzene rings is 1. The third-order valence-electron chi connectivity index (χ3n) is 3.97. The van der Waals surface area contributed by atoms with E-state index >= 15 is 0 Å². The summed E-state index contributed by atoms with van der Waals surface area (Å²) in [5.41, 5.74) is 2.49. The van der Waals surface area contributed by atoms with E-state index in [9.17, 15) is 9.59 Å². The highest BCUT2D eigenvalue weighted by Crippen LogP contribution is 2.19. The van der Waals surface area contributed by atoms with Crippen molar-refractivity contribution >= 4 is 23.3 Å². The zero-order valence-corrected chi connectivity index (χ0v) is 15.2. The van der Waals surface area contributed by atoms with E-state index in [1.807, 2.05) is 12.1 Å². The summed E-state index contributed by atoms with van der Waals surface area (Å²) in [5.74, 6) is 0.0636. The molecule has 3 rings (SSSR count). The fraction of sp³-hybridized carbons (Fsp3) is 0.100. The van der Waals surface area contributed by atoms with Crippen LogP contribution in [0.15, 0.2) is 59.7 Å². The van der Waals surface area contributed by atoms with Gasteiger partial charge in [-0.05, 0) is 41.8 Å². The lowest BCUT2D eigenvalue weighted by molar-refractivity contribution is 0.102. The van der Waals surface area contributed by atoms with Gasteiger partial charge >= 0.3 is 0 Å². The molecule has 0 saturated carbocycles. The Morgan fingerprint density at radius 1 is 1.22 bits per heavy atom. The average molecular weight is 379 g/mol. The molecular weight excluding hydrogens is 364 g/mol. The second-order valence-electron chi connectivity index (χ2n) is 5.98. The molecule has 3 aromatic rings. The molecule has 0 saturated heterocycles. The van der Waals surface area contributed by atoms with E-state index in [0.29, 0.717) is 28.4 Å². The topological polar surface area (TPSA) is 87.8 Å². The first kappa shape index (κ1) is 18.4. The molecule has 0 unspecified atom stereocenters. The van der Waals surface area contributed by atoms with Crippen molar-refractivity contribution in [1.82, 2.24) is 9.55 Å². The SMILES string of the molecule is Cn1cc(C(=O)Nc2ccc(Cc3ccc(Cl)c(C#N)c3)cn2)ccc1=O. The van der Waals surface area contributed by atoms with Gasteiger partial charge < -0.3 is 9.88 Å². The van der Waals surface area contributed by atoms with Crippen LogP contribution in [0.4, 0.5) is 5.82 Å². The average Bonchev–Trinajstić information content (AvgIpc) is 2.67. The maximum Gasteiger partial charge on any atom is 0.258 e. The summed E-state index contributed by atoms with van der Waals surface area (Å²) in [6.45, 7) is 0. The van der Waals surface area contributed by atoms with Gasteiger partial charge in [-0.25, -0.2) is 4.98 Å². The van der Waals surface area contributed by atoms with Crippen molar-refractivity contribution in [3.63, 3.8) is 0 Å². The Bertz CT molecular complexity index is 1100. The molecule has 0 fully saturated rings. The third-order valence-corrected chi connectivity index (χ3v) is 4.30. The Hall–Kier alpha value is -3.43. The maximum atomic E-state index is 12.2. The smallest absolute Gasteiger partial charge is 0.258 e. The fourth-order valence-corrected chi connectivity index (χ4v) is 2.68. The number of hydrogen-bond donors (Lipinski definition) is 1. The predicted octanol–water partition coefficient (Wildman–Crippen LogP) is 3.15. The molecule has 1 N–H and O–H groups in total. The first-order chi connectivity index (χ1) is 13.0. The predicted molar refractivity (Wildman–Crippen MR) is 103 cm³/mol. The Morgan fingerprint density at radius 2 is 2.00 bits per heavy atom. The van der Waals surface area contributed by atoms with Gasteiger partial charge in [-0.2, -0.15) is 5.26 Å². The minimum atomic E-state index is -0.345. The summed E-state index contributed by atoms with van der Waals surface area (Å²) in [6.07, 6.45) is 3.73. The van der Waals surface area contributed by atoms with Crippen LogP contribution >= 0.6 is 11.6 Å². The van der Waals surface area contributed by atoms with E-state index in [2.05, 4.69) is 16.4 Å². The second-order valence-corrected chi connectivity index (χ2v) is 6.38. The van der Waals surface area contributed by atoms with Crippen LogP contribution in [0.3, 0.4) is 0 Å². The molecule has 6 nitrogen and oxygen atoms in total. The summed E-state index contributed by atoms with van der Waals surface area (Å²) in [5, 5.41) is 12.2. The van der Waals surface area contributed by atoms with Crippen LogP contribution in [0.2, 0.25) is 5.02 Å². The number of anilines is 1. The van der Waals surface area contributed by atoms with Crippen LogP contribution in [0, 0.1) is 11.3 Å². The van der Waals surface area contributed by atoms with Gasteiger partial charge in [-0.1, -0.05) is 23.7 Å². The molecule has 0 aliphatic carbocycles. The van der Waals surface area contributed by atoms with Crippen molar-refractivity contribution < 1.29 is 4.79 Å². The third kappa shape index (κ3) is 4.40. The maximum absolute atomic E-state index is 12.2. The van der Waals surface area contributed by atoms with Crippen LogP contribution < -0.4 is 10.9 Å². The van der Waals surface area contributed by atoms with Crippen molar-refractivity contribution in [1.29, 1.82) is 5.26 Å². The summed E-state index contributed by atoms with van der Waals surface area (Å²) >= 11 is 5.94. The molecule has 2 heterocycles. The Kier molecular flexibility index (Phi) is 5.34. The van der Waals surface area contributed by atoms with Gasteiger partial charge in [-0.15, -0.1) is 0 Å². The van der Waals surface area contributed by atoms with Crippen molar-refractivity contribution in [3.8, 4) is 6.07 Å². The standard InChI is InChI=1S/C20H15ClN4O2/c1-25-12-15(4-7-19(25)26)20(27)24-18-6-3-14(11-23-18)8-13-2-5-17(21)16(9-13)10-22/h2-7,9,11-12H,8H2,1H3,(H,23,24,27). The molecule has 1 amide bonds. The van der Waals surface area contributed by atoms with Gasteiger partial charge in [0, 0.05) is 25.5 Å². The Balaban J connectivity index is 1.70. The molecule has 27 heavy (non-hydrogen) atoms. The molecule has 134 valence electrons. The van der Waals surface area contributed by atoms with E-state index in [1.165, 1.54) is 22.9 Å². The van der Waals surface area contributed by atoms with Gasteiger partial charge in [-0.3, -0.25) is 9.59 Å². The van der Waals surface area contributed by atoms with E-state index in [-0.39, 0.29) is 11.5 Å². The highest BCUT2D eigenvalue weighted by atomic mass is 35.5. The number of amides is 1. The molecule has 0 bridgehead atoms. The highest BCUT2D eigenvalue weighted by molar-refractivity contribution is 6.31. The minimum Gasteiger partial charge on any atom is -0.318 e. The first-order valence-electron chi connectivity index (χ1n) is 8.08. The van der Waals surface area contributed by atoms with Crippen LogP contribution in [-0.2, 0) is 13.5 Å². The van der Waals surface area contributed by atoms with Gasteiger partial charge in [0.2, 0.25) is 5.56 Å². The molecule has 0 aliphatic heterocycles. The molecule has 0 aliphatic rings. The van der Waals surface area contributed by atoms with Crippen LogP contribution in [0.5, 0.6) is 0 Å². The highest BCUT2D eigenvalue weighted by Gasteiger charge is 2.08. The Morgan fingerprint density at radius 3 is 2.67 bits per heavy atom. The minimum absolute atomic E-state index is 0.184. The van der Waals surface area contributed by atoms with Gasteiger partial charge in [0.25, 0.3) is 5.91 Å². The molecule has 2 aromatic heterocycles. The molecule has 7 heteroatoms. The largest absolute Gasteiger partial charge is 0.318 e. The zero-order valence-electron chi connectivity index (χ0n) is 14.4. The summed E-state index contributed by atoms with van der Waals surface area (Å²) in [4.78, 5) is 27.9. The number of halogens is 1. The number of hydrogen-bond acceptors (Lipinski definition) is 4. The van der Waals surface area contributed by atoms with Crippen LogP contribution in [0.1, 0.15) is 27.0 Å². The van der Waals surface area contributed by atoms with Crippen molar-refractivity contribution in [2.45, 2.75) is 6.42 Å². The second kappa shape index (κ2) is 7.85. The number of rotatable bonds is 4. The summed E-state index contributed by atoms with van der Waals surface area (Å²) < 4.78 is 1.34. The summed E-state index contributed by atoms with van der Waals surface area (Å²) in [7, 11) is 1.58. The molecular formula is C20H15ClN4O2. The fourth-order valence-electron chi connectivity index (χ4n) is 2.52. The van der Waals surface area contributed by atoms with E-state index < -0.39 is 0 Å². The van der Waals surface area contributed by atoms with Crippen molar-refractivity contribution in [2.24, 2.45) is 7.05 Å². The molecule has 1 aromatic carbocycles. The number of carbonyl (C=O) groups is 1. The van der Waals surface area contributed by atoms with Gasteiger partial charge in [0.15, 0.2) is 0 Å². The number of carbonyl (C=O) groups excluding carboxylic acids is 1. The van der Waals surface area contributed by atoms with E-state index in [0.717, 1.165) is 11.1 Å². The molecule has 0 radical (unpaired) electrons.